The first-order valence-corrected chi connectivity index (χ1v) is 9.25. The van der Waals surface area contributed by atoms with Crippen molar-refractivity contribution in [3.63, 3.8) is 0 Å². The van der Waals surface area contributed by atoms with Gasteiger partial charge in [-0.05, 0) is 83.3 Å². The van der Waals surface area contributed by atoms with Crippen LogP contribution in [0.15, 0.2) is 72.4 Å². The summed E-state index contributed by atoms with van der Waals surface area (Å²) in [6, 6.07) is 19.2. The zero-order chi connectivity index (χ0) is 20.1. The van der Waals surface area contributed by atoms with E-state index in [1.54, 1.807) is 12.1 Å². The summed E-state index contributed by atoms with van der Waals surface area (Å²) >= 11 is 2.22. The molecule has 0 aliphatic carbocycles. The highest BCUT2D eigenvalue weighted by Crippen LogP contribution is 2.18. The van der Waals surface area contributed by atoms with Crippen LogP contribution in [0.2, 0.25) is 0 Å². The van der Waals surface area contributed by atoms with Crippen LogP contribution in [0.25, 0.3) is 11.8 Å². The molecule has 0 aliphatic heterocycles. The number of carboxylic acids is 1. The fourth-order valence-corrected chi connectivity index (χ4v) is 2.93. The topological polar surface area (TPSA) is 95.1 Å². The minimum absolute atomic E-state index is 0.0490. The zero-order valence-corrected chi connectivity index (χ0v) is 16.6. The van der Waals surface area contributed by atoms with Gasteiger partial charge in [0.2, 0.25) is 0 Å². The van der Waals surface area contributed by atoms with E-state index in [4.69, 9.17) is 5.11 Å². The molecule has 3 aromatic rings. The molecule has 0 unspecified atom stereocenters. The highest BCUT2D eigenvalue weighted by Gasteiger charge is 2.12. The number of carbonyl (C=O) groups excluding carboxylic acids is 1. The number of halogens is 1. The van der Waals surface area contributed by atoms with Gasteiger partial charge in [0, 0.05) is 26.8 Å². The van der Waals surface area contributed by atoms with Gasteiger partial charge in [-0.1, -0.05) is 6.07 Å². The van der Waals surface area contributed by atoms with Crippen molar-refractivity contribution in [2.24, 2.45) is 0 Å². The number of hydrogen-bond acceptors (Lipinski definition) is 3. The van der Waals surface area contributed by atoms with Gasteiger partial charge in [-0.2, -0.15) is 5.26 Å². The van der Waals surface area contributed by atoms with Crippen LogP contribution in [0.1, 0.15) is 16.1 Å². The molecule has 3 rings (SSSR count). The lowest BCUT2D eigenvalue weighted by molar-refractivity contribution is -0.112. The molecule has 2 aromatic carbocycles. The monoisotopic (exact) mass is 483 g/mol. The summed E-state index contributed by atoms with van der Waals surface area (Å²) in [7, 11) is 0. The largest absolute Gasteiger partial charge is 0.478 e. The SMILES string of the molecule is N#C/C(=C/c1cccn1-c1ccc(I)cc1)C(=O)Nc1cccc(C(=O)O)c1. The minimum Gasteiger partial charge on any atom is -0.478 e. The molecule has 7 heteroatoms. The fraction of sp³-hybridized carbons (Fsp3) is 0. The lowest BCUT2D eigenvalue weighted by Crippen LogP contribution is -2.14. The Morgan fingerprint density at radius 3 is 2.54 bits per heavy atom. The van der Waals surface area contributed by atoms with E-state index in [1.807, 2.05) is 47.2 Å². The van der Waals surface area contributed by atoms with E-state index in [0.29, 0.717) is 11.4 Å². The summed E-state index contributed by atoms with van der Waals surface area (Å²) in [6.07, 6.45) is 3.34. The Balaban J connectivity index is 1.87. The molecule has 0 aliphatic rings. The van der Waals surface area contributed by atoms with E-state index >= 15 is 0 Å². The molecular weight excluding hydrogens is 469 g/mol. The van der Waals surface area contributed by atoms with Crippen LogP contribution in [0.5, 0.6) is 0 Å². The van der Waals surface area contributed by atoms with Gasteiger partial charge in [0.25, 0.3) is 5.91 Å². The third-order valence-corrected chi connectivity index (χ3v) is 4.63. The number of aromatic nitrogens is 1. The van der Waals surface area contributed by atoms with Crippen LogP contribution in [0.3, 0.4) is 0 Å². The number of nitrogens with one attached hydrogen (secondary N) is 1. The van der Waals surface area contributed by atoms with Crippen molar-refractivity contribution < 1.29 is 14.7 Å². The second kappa shape index (κ2) is 8.54. The maximum Gasteiger partial charge on any atom is 0.335 e. The van der Waals surface area contributed by atoms with Crippen LogP contribution in [-0.4, -0.2) is 21.6 Å². The first-order chi connectivity index (χ1) is 13.5. The van der Waals surface area contributed by atoms with E-state index in [-0.39, 0.29) is 11.1 Å². The van der Waals surface area contributed by atoms with E-state index in [2.05, 4.69) is 27.9 Å². The first kappa shape index (κ1) is 19.4. The summed E-state index contributed by atoms with van der Waals surface area (Å²) in [5.41, 5.74) is 1.84. The molecule has 6 nitrogen and oxygen atoms in total. The molecule has 0 fully saturated rings. The number of nitriles is 1. The summed E-state index contributed by atoms with van der Waals surface area (Å²) in [6.45, 7) is 0. The number of nitrogens with zero attached hydrogens (tertiary/aromatic N) is 2. The Hall–Kier alpha value is -3.38. The molecule has 0 atom stereocenters. The average Bonchev–Trinajstić information content (AvgIpc) is 3.15. The van der Waals surface area contributed by atoms with Crippen LogP contribution in [0, 0.1) is 14.9 Å². The predicted molar refractivity (Wildman–Crippen MR) is 114 cm³/mol. The van der Waals surface area contributed by atoms with Crippen molar-refractivity contribution in [3.8, 4) is 11.8 Å². The van der Waals surface area contributed by atoms with Crippen LogP contribution in [-0.2, 0) is 4.79 Å². The number of anilines is 1. The van der Waals surface area contributed by atoms with Crippen molar-refractivity contribution in [2.45, 2.75) is 0 Å². The molecule has 28 heavy (non-hydrogen) atoms. The molecule has 0 saturated heterocycles. The predicted octanol–water partition coefficient (Wildman–Crippen LogP) is 4.33. The minimum atomic E-state index is -1.09. The third kappa shape index (κ3) is 4.47. The Morgan fingerprint density at radius 2 is 1.86 bits per heavy atom. The number of carboxylic acid groups (broad SMARTS) is 1. The molecule has 138 valence electrons. The van der Waals surface area contributed by atoms with Gasteiger partial charge in [-0.15, -0.1) is 0 Å². The quantitative estimate of drug-likeness (QED) is 0.321. The summed E-state index contributed by atoms with van der Waals surface area (Å²) in [4.78, 5) is 23.5. The second-order valence-electron chi connectivity index (χ2n) is 5.79. The van der Waals surface area contributed by atoms with Crippen molar-refractivity contribution in [3.05, 3.63) is 87.3 Å². The fourth-order valence-electron chi connectivity index (χ4n) is 2.57. The number of carbonyl (C=O) groups is 2. The highest BCUT2D eigenvalue weighted by molar-refractivity contribution is 14.1. The summed E-state index contributed by atoms with van der Waals surface area (Å²) in [5.74, 6) is -1.71. The van der Waals surface area contributed by atoms with Gasteiger partial charge >= 0.3 is 5.97 Å². The molecule has 1 amide bonds. The Labute approximate surface area is 174 Å². The van der Waals surface area contributed by atoms with Crippen LogP contribution >= 0.6 is 22.6 Å². The van der Waals surface area contributed by atoms with Crippen molar-refractivity contribution in [1.29, 1.82) is 5.26 Å². The highest BCUT2D eigenvalue weighted by atomic mass is 127. The molecule has 1 heterocycles. The van der Waals surface area contributed by atoms with E-state index in [0.717, 1.165) is 9.26 Å². The normalized spacial score (nSPS) is 10.9. The van der Waals surface area contributed by atoms with E-state index in [1.165, 1.54) is 24.3 Å². The number of rotatable bonds is 5. The second-order valence-corrected chi connectivity index (χ2v) is 7.04. The number of benzene rings is 2. The lowest BCUT2D eigenvalue weighted by atomic mass is 10.1. The lowest BCUT2D eigenvalue weighted by Gasteiger charge is -2.08. The summed E-state index contributed by atoms with van der Waals surface area (Å²) in [5, 5.41) is 21.0. The maximum absolute atomic E-state index is 12.5. The van der Waals surface area contributed by atoms with E-state index < -0.39 is 11.9 Å². The maximum atomic E-state index is 12.5. The molecule has 0 bridgehead atoms. The third-order valence-electron chi connectivity index (χ3n) is 3.91. The van der Waals surface area contributed by atoms with Crippen molar-refractivity contribution in [2.75, 3.05) is 5.32 Å². The Kier molecular flexibility index (Phi) is 5.91. The van der Waals surface area contributed by atoms with Gasteiger partial charge in [0.05, 0.1) is 5.56 Å². The molecular formula is C21H14IN3O3. The van der Waals surface area contributed by atoms with E-state index in [9.17, 15) is 14.9 Å². The van der Waals surface area contributed by atoms with Crippen LogP contribution < -0.4 is 5.32 Å². The molecule has 0 radical (unpaired) electrons. The molecule has 0 spiro atoms. The first-order valence-electron chi connectivity index (χ1n) is 8.18. The molecule has 1 aromatic heterocycles. The number of aromatic carboxylic acids is 1. The number of amides is 1. The van der Waals surface area contributed by atoms with Gasteiger partial charge < -0.3 is 15.0 Å². The van der Waals surface area contributed by atoms with Gasteiger partial charge in [0.1, 0.15) is 11.6 Å². The van der Waals surface area contributed by atoms with Gasteiger partial charge in [-0.25, -0.2) is 4.79 Å². The zero-order valence-electron chi connectivity index (χ0n) is 14.5. The number of hydrogen-bond donors (Lipinski definition) is 2. The van der Waals surface area contributed by atoms with Crippen molar-refractivity contribution in [1.82, 2.24) is 4.57 Å². The Morgan fingerprint density at radius 1 is 1.11 bits per heavy atom. The Bertz CT molecular complexity index is 1110. The summed E-state index contributed by atoms with van der Waals surface area (Å²) < 4.78 is 2.97. The van der Waals surface area contributed by atoms with Crippen LogP contribution in [0.4, 0.5) is 5.69 Å². The average molecular weight is 483 g/mol. The van der Waals surface area contributed by atoms with Gasteiger partial charge in [0.15, 0.2) is 0 Å². The van der Waals surface area contributed by atoms with Gasteiger partial charge in [-0.3, -0.25) is 4.79 Å². The standard InChI is InChI=1S/C21H14IN3O3/c22-16-6-8-18(9-7-16)25-10-2-5-19(25)12-15(13-23)20(26)24-17-4-1-3-14(11-17)21(27)28/h1-12H,(H,24,26)(H,27,28)/b15-12-. The molecule has 0 saturated carbocycles. The smallest absolute Gasteiger partial charge is 0.335 e. The molecule has 2 N–H and O–H groups in total. The van der Waals surface area contributed by atoms with Crippen molar-refractivity contribution >= 4 is 46.2 Å².